The summed E-state index contributed by atoms with van der Waals surface area (Å²) in [7, 11) is -3.79. The van der Waals surface area contributed by atoms with Gasteiger partial charge in [-0.1, -0.05) is 0 Å². The van der Waals surface area contributed by atoms with Crippen LogP contribution in [0.4, 0.5) is 5.69 Å². The summed E-state index contributed by atoms with van der Waals surface area (Å²) >= 11 is 0. The molecule has 144 valence electrons. The second-order valence-electron chi connectivity index (χ2n) is 6.83. The number of hydrogen-bond acceptors (Lipinski definition) is 5. The molecule has 0 spiro atoms. The molecular weight excluding hydrogens is 378 g/mol. The lowest BCUT2D eigenvalue weighted by molar-refractivity contribution is 0.411. The van der Waals surface area contributed by atoms with E-state index < -0.39 is 10.0 Å². The average molecular weight is 397 g/mol. The molecule has 8 nitrogen and oxygen atoms in total. The van der Waals surface area contributed by atoms with Crippen molar-refractivity contribution in [2.75, 3.05) is 11.4 Å². The molecule has 9 heteroatoms. The minimum Gasteiger partial charge on any atom is -0.509 e. The van der Waals surface area contributed by atoms with E-state index in [1.165, 1.54) is 12.1 Å². The first-order valence-corrected chi connectivity index (χ1v) is 10.1. The van der Waals surface area contributed by atoms with Crippen LogP contribution in [0.15, 0.2) is 47.1 Å². The second-order valence-corrected chi connectivity index (χ2v) is 8.40. The first kappa shape index (κ1) is 18.2. The van der Waals surface area contributed by atoms with Crippen molar-refractivity contribution >= 4 is 38.2 Å². The summed E-state index contributed by atoms with van der Waals surface area (Å²) in [6.07, 6.45) is 0. The normalized spacial score (nSPS) is 15.1. The topological polar surface area (TPSA) is 136 Å². The zero-order valence-electron chi connectivity index (χ0n) is 15.3. The molecule has 5 N–H and O–H groups in total. The molecule has 1 aromatic heterocycles. The highest BCUT2D eigenvalue weighted by Gasteiger charge is 2.31. The van der Waals surface area contributed by atoms with E-state index >= 15 is 0 Å². The van der Waals surface area contributed by atoms with Crippen molar-refractivity contribution in [3.05, 3.63) is 59.1 Å². The van der Waals surface area contributed by atoms with Crippen LogP contribution in [0.1, 0.15) is 17.0 Å². The van der Waals surface area contributed by atoms with E-state index in [0.717, 1.165) is 22.2 Å². The maximum absolute atomic E-state index is 11.4. The number of aliphatic hydroxyl groups is 1. The Morgan fingerprint density at radius 3 is 2.46 bits per heavy atom. The molecule has 3 aromatic rings. The number of aryl methyl sites for hydroxylation is 2. The molecule has 0 bridgehead atoms. The van der Waals surface area contributed by atoms with Crippen molar-refractivity contribution in [1.29, 1.82) is 5.41 Å². The van der Waals surface area contributed by atoms with Gasteiger partial charge in [0.25, 0.3) is 0 Å². The molecule has 1 aliphatic rings. The van der Waals surface area contributed by atoms with Gasteiger partial charge in [-0.15, -0.1) is 0 Å². The molecule has 0 saturated heterocycles. The third-order valence-corrected chi connectivity index (χ3v) is 5.84. The maximum atomic E-state index is 11.4. The number of imidazole rings is 1. The number of primary sulfonamides is 1. The van der Waals surface area contributed by atoms with Gasteiger partial charge in [0.2, 0.25) is 10.0 Å². The highest BCUT2D eigenvalue weighted by molar-refractivity contribution is 7.89. The fraction of sp³-hybridized carbons (Fsp3) is 0.158. The van der Waals surface area contributed by atoms with Crippen LogP contribution >= 0.6 is 0 Å². The molecule has 0 radical (unpaired) electrons. The van der Waals surface area contributed by atoms with Gasteiger partial charge in [0.05, 0.1) is 28.0 Å². The lowest BCUT2D eigenvalue weighted by atomic mass is 10.1. The SMILES string of the molecule is Cc1cc2nc(C3=C(O)CN(c4ccc(S(N)(=O)=O)cc4)C3=N)[nH]c2cc1C. The Balaban J connectivity index is 1.69. The molecule has 4 rings (SSSR count). The molecule has 2 aromatic carbocycles. The zero-order valence-corrected chi connectivity index (χ0v) is 16.1. The molecule has 0 aliphatic carbocycles. The van der Waals surface area contributed by atoms with Crippen LogP contribution in [-0.2, 0) is 10.0 Å². The smallest absolute Gasteiger partial charge is 0.238 e. The molecule has 0 atom stereocenters. The van der Waals surface area contributed by atoms with Gasteiger partial charge in [0.15, 0.2) is 0 Å². The fourth-order valence-electron chi connectivity index (χ4n) is 3.25. The van der Waals surface area contributed by atoms with Crippen molar-refractivity contribution in [1.82, 2.24) is 9.97 Å². The molecular formula is C19H19N5O3S. The van der Waals surface area contributed by atoms with Gasteiger partial charge >= 0.3 is 0 Å². The van der Waals surface area contributed by atoms with Crippen molar-refractivity contribution in [2.24, 2.45) is 5.14 Å². The number of hydrogen-bond donors (Lipinski definition) is 4. The van der Waals surface area contributed by atoms with E-state index in [9.17, 15) is 13.5 Å². The highest BCUT2D eigenvalue weighted by Crippen LogP contribution is 2.31. The minimum absolute atomic E-state index is 0.0117. The van der Waals surface area contributed by atoms with Gasteiger partial charge in [0.1, 0.15) is 17.4 Å². The Morgan fingerprint density at radius 2 is 1.82 bits per heavy atom. The van der Waals surface area contributed by atoms with Gasteiger partial charge in [-0.05, 0) is 61.4 Å². The average Bonchev–Trinajstić information content (AvgIpc) is 3.14. The van der Waals surface area contributed by atoms with Crippen LogP contribution in [-0.4, -0.2) is 35.9 Å². The van der Waals surface area contributed by atoms with Gasteiger partial charge in [0, 0.05) is 5.69 Å². The third-order valence-electron chi connectivity index (χ3n) is 4.91. The van der Waals surface area contributed by atoms with Crippen molar-refractivity contribution in [3.8, 4) is 0 Å². The largest absolute Gasteiger partial charge is 0.509 e. The second kappa shape index (κ2) is 6.18. The number of nitrogens with one attached hydrogen (secondary N) is 2. The van der Waals surface area contributed by atoms with E-state index in [1.807, 2.05) is 26.0 Å². The van der Waals surface area contributed by atoms with E-state index in [1.54, 1.807) is 17.0 Å². The van der Waals surface area contributed by atoms with Crippen LogP contribution < -0.4 is 10.0 Å². The summed E-state index contributed by atoms with van der Waals surface area (Å²) in [5.74, 6) is 0.521. The first-order chi connectivity index (χ1) is 13.1. The quantitative estimate of drug-likeness (QED) is 0.538. The number of nitrogens with two attached hydrogens (primary N) is 1. The lowest BCUT2D eigenvalue weighted by Crippen LogP contribution is -2.26. The van der Waals surface area contributed by atoms with E-state index in [2.05, 4.69) is 9.97 Å². The number of aromatic nitrogens is 2. The first-order valence-electron chi connectivity index (χ1n) is 8.54. The molecule has 0 fully saturated rings. The Kier molecular flexibility index (Phi) is 4.02. The van der Waals surface area contributed by atoms with Gasteiger partial charge < -0.3 is 15.0 Å². The summed E-state index contributed by atoms with van der Waals surface area (Å²) < 4.78 is 22.8. The molecule has 0 amide bonds. The number of sulfonamides is 1. The number of nitrogens with zero attached hydrogens (tertiary/aromatic N) is 2. The Bertz CT molecular complexity index is 1220. The summed E-state index contributed by atoms with van der Waals surface area (Å²) in [4.78, 5) is 9.27. The van der Waals surface area contributed by atoms with E-state index in [-0.39, 0.29) is 23.0 Å². The summed E-state index contributed by atoms with van der Waals surface area (Å²) in [6, 6.07) is 9.80. The molecule has 0 unspecified atom stereocenters. The van der Waals surface area contributed by atoms with Crippen LogP contribution in [0.5, 0.6) is 0 Å². The van der Waals surface area contributed by atoms with Crippen molar-refractivity contribution in [2.45, 2.75) is 18.7 Å². The van der Waals surface area contributed by atoms with Crippen LogP contribution in [0, 0.1) is 19.3 Å². The Morgan fingerprint density at radius 1 is 1.18 bits per heavy atom. The summed E-state index contributed by atoms with van der Waals surface area (Å²) in [6.45, 7) is 4.11. The number of benzene rings is 2. The fourth-order valence-corrected chi connectivity index (χ4v) is 3.77. The number of anilines is 1. The predicted octanol–water partition coefficient (Wildman–Crippen LogP) is 2.59. The van der Waals surface area contributed by atoms with Crippen LogP contribution in [0.3, 0.4) is 0 Å². The molecule has 0 saturated carbocycles. The van der Waals surface area contributed by atoms with Crippen LogP contribution in [0.25, 0.3) is 16.6 Å². The van der Waals surface area contributed by atoms with E-state index in [0.29, 0.717) is 17.1 Å². The highest BCUT2D eigenvalue weighted by atomic mass is 32.2. The Hall–Kier alpha value is -3.17. The Labute approximate surface area is 161 Å². The maximum Gasteiger partial charge on any atom is 0.238 e. The summed E-state index contributed by atoms with van der Waals surface area (Å²) in [5.41, 5.74) is 4.73. The minimum atomic E-state index is -3.79. The predicted molar refractivity (Wildman–Crippen MR) is 108 cm³/mol. The van der Waals surface area contributed by atoms with Crippen molar-refractivity contribution in [3.63, 3.8) is 0 Å². The van der Waals surface area contributed by atoms with E-state index in [4.69, 9.17) is 10.5 Å². The molecule has 1 aliphatic heterocycles. The number of fused-ring (bicyclic) bond motifs is 1. The number of H-pyrrole nitrogens is 1. The zero-order chi connectivity index (χ0) is 20.2. The standard InChI is InChI=1S/C19H19N5O3S/c1-10-7-14-15(8-11(10)2)23-19(22-14)17-16(25)9-24(18(17)20)12-3-5-13(6-4-12)28(21,26)27/h3-8,20,25H,9H2,1-2H3,(H,22,23)(H2,21,26,27). The van der Waals surface area contributed by atoms with Gasteiger partial charge in [-0.25, -0.2) is 18.5 Å². The van der Waals surface area contributed by atoms with Gasteiger partial charge in [-0.3, -0.25) is 5.41 Å². The molecule has 2 heterocycles. The number of aromatic amines is 1. The van der Waals surface area contributed by atoms with Gasteiger partial charge in [-0.2, -0.15) is 0 Å². The lowest BCUT2D eigenvalue weighted by Gasteiger charge is -2.18. The van der Waals surface area contributed by atoms with Crippen molar-refractivity contribution < 1.29 is 13.5 Å². The number of rotatable bonds is 3. The third kappa shape index (κ3) is 2.94. The monoisotopic (exact) mass is 397 g/mol. The number of amidine groups is 1. The number of aliphatic hydroxyl groups excluding tert-OH is 1. The summed E-state index contributed by atoms with van der Waals surface area (Å²) in [5, 5.41) is 24.1. The van der Waals surface area contributed by atoms with Crippen LogP contribution in [0.2, 0.25) is 0 Å². The molecule has 28 heavy (non-hydrogen) atoms.